The van der Waals surface area contributed by atoms with E-state index in [2.05, 4.69) is 31.5 Å². The quantitative estimate of drug-likeness (QED) is 0.490. The zero-order valence-corrected chi connectivity index (χ0v) is 19.7. The number of aromatic nitrogens is 1. The first-order chi connectivity index (χ1) is 13.8. The highest BCUT2D eigenvalue weighted by atomic mass is 79.9. The second-order valence-corrected chi connectivity index (χ2v) is 9.10. The van der Waals surface area contributed by atoms with Crippen LogP contribution in [0.25, 0.3) is 0 Å². The lowest BCUT2D eigenvalue weighted by Gasteiger charge is -2.15. The van der Waals surface area contributed by atoms with Crippen LogP contribution in [0.5, 0.6) is 0 Å². The second-order valence-electron chi connectivity index (χ2n) is 7.10. The van der Waals surface area contributed by atoms with Crippen LogP contribution in [0.3, 0.4) is 0 Å². The molecule has 0 fully saturated rings. The number of nitrogens with two attached hydrogens (primary N) is 1. The fourth-order valence-electron chi connectivity index (χ4n) is 3.11. The molecule has 1 aromatic heterocycles. The number of carbonyl (C=O) groups is 3. The number of halogens is 2. The zero-order chi connectivity index (χ0) is 21.0. The highest BCUT2D eigenvalue weighted by Crippen LogP contribution is 2.29. The predicted octanol–water partition coefficient (Wildman–Crippen LogP) is 3.25. The van der Waals surface area contributed by atoms with Gasteiger partial charge in [-0.25, -0.2) is 4.98 Å². The lowest BCUT2D eigenvalue weighted by Crippen LogP contribution is -2.38. The number of fused-ring (bicyclic) bond motifs is 1. The Hall–Kier alpha value is -1.81. The molecule has 1 aliphatic carbocycles. The van der Waals surface area contributed by atoms with Gasteiger partial charge in [0.1, 0.15) is 0 Å². The molecule has 10 heteroatoms. The van der Waals surface area contributed by atoms with Crippen LogP contribution in [0, 0.1) is 0 Å². The van der Waals surface area contributed by atoms with E-state index in [1.807, 2.05) is 0 Å². The van der Waals surface area contributed by atoms with E-state index in [0.29, 0.717) is 10.7 Å². The number of nitrogens with one attached hydrogen (secondary N) is 2. The molecule has 0 saturated heterocycles. The van der Waals surface area contributed by atoms with E-state index in [-0.39, 0.29) is 48.9 Å². The molecule has 2 amide bonds. The van der Waals surface area contributed by atoms with E-state index in [1.165, 1.54) is 11.3 Å². The molecule has 7 nitrogen and oxygen atoms in total. The van der Waals surface area contributed by atoms with Crippen LogP contribution < -0.4 is 16.4 Å². The minimum Gasteiger partial charge on any atom is -0.346 e. The van der Waals surface area contributed by atoms with Gasteiger partial charge in [-0.1, -0.05) is 28.1 Å². The van der Waals surface area contributed by atoms with Crippen molar-refractivity contribution in [2.75, 3.05) is 5.32 Å². The molecule has 1 aromatic carbocycles. The molecule has 30 heavy (non-hydrogen) atoms. The van der Waals surface area contributed by atoms with Gasteiger partial charge in [-0.3, -0.25) is 14.4 Å². The molecule has 162 valence electrons. The van der Waals surface area contributed by atoms with Gasteiger partial charge in [-0.05, 0) is 38.3 Å². The van der Waals surface area contributed by atoms with Gasteiger partial charge in [0.2, 0.25) is 11.8 Å². The van der Waals surface area contributed by atoms with Crippen molar-refractivity contribution in [3.63, 3.8) is 0 Å². The Morgan fingerprint density at radius 2 is 1.90 bits per heavy atom. The van der Waals surface area contributed by atoms with Crippen molar-refractivity contribution in [1.29, 1.82) is 0 Å². The summed E-state index contributed by atoms with van der Waals surface area (Å²) in [6.07, 6.45) is 2.54. The van der Waals surface area contributed by atoms with Crippen LogP contribution in [0.15, 0.2) is 28.7 Å². The summed E-state index contributed by atoms with van der Waals surface area (Å²) in [4.78, 5) is 42.2. The third kappa shape index (κ3) is 6.60. The SMILES string of the molecule is CC(NC(=O)CCC(=O)Nc1nc2c(s1)C[C@@H](N)CC2)C(=O)c1ccc(Br)cc1.Cl. The van der Waals surface area contributed by atoms with E-state index in [0.717, 1.165) is 34.3 Å². The molecule has 4 N–H and O–H groups in total. The van der Waals surface area contributed by atoms with Gasteiger partial charge < -0.3 is 16.4 Å². The molecular weight excluding hydrogens is 492 g/mol. The topological polar surface area (TPSA) is 114 Å². The van der Waals surface area contributed by atoms with E-state index in [1.54, 1.807) is 31.2 Å². The Kier molecular flexibility index (Phi) is 8.96. The number of ketones is 1. The highest BCUT2D eigenvalue weighted by molar-refractivity contribution is 9.10. The van der Waals surface area contributed by atoms with Gasteiger partial charge in [-0.15, -0.1) is 23.7 Å². The number of nitrogens with zero attached hydrogens (tertiary/aromatic N) is 1. The van der Waals surface area contributed by atoms with Crippen LogP contribution in [0.4, 0.5) is 5.13 Å². The maximum Gasteiger partial charge on any atom is 0.226 e. The van der Waals surface area contributed by atoms with Crippen molar-refractivity contribution >= 4 is 62.4 Å². The Balaban J connectivity index is 0.00000320. The summed E-state index contributed by atoms with van der Waals surface area (Å²) >= 11 is 4.76. The molecule has 0 saturated carbocycles. The largest absolute Gasteiger partial charge is 0.346 e. The van der Waals surface area contributed by atoms with Gasteiger partial charge in [0, 0.05) is 33.8 Å². The average Bonchev–Trinajstić information content (AvgIpc) is 3.07. The zero-order valence-electron chi connectivity index (χ0n) is 16.4. The van der Waals surface area contributed by atoms with E-state index in [4.69, 9.17) is 5.73 Å². The van der Waals surface area contributed by atoms with Gasteiger partial charge in [0.05, 0.1) is 11.7 Å². The molecule has 2 aromatic rings. The first-order valence-corrected chi connectivity index (χ1v) is 11.1. The van der Waals surface area contributed by atoms with Crippen molar-refractivity contribution in [3.8, 4) is 0 Å². The van der Waals surface area contributed by atoms with Crippen molar-refractivity contribution in [1.82, 2.24) is 10.3 Å². The normalized spacial score (nSPS) is 16.0. The number of anilines is 1. The maximum absolute atomic E-state index is 12.4. The number of carbonyl (C=O) groups excluding carboxylic acids is 3. The number of hydrogen-bond acceptors (Lipinski definition) is 6. The van der Waals surface area contributed by atoms with Gasteiger partial charge in [0.25, 0.3) is 0 Å². The van der Waals surface area contributed by atoms with Crippen molar-refractivity contribution in [2.24, 2.45) is 5.73 Å². The standard InChI is InChI=1S/C20H23BrN4O3S.ClH/c1-11(19(28)12-2-4-13(21)5-3-12)23-17(26)8-9-18(27)25-20-24-15-7-6-14(22)10-16(15)29-20;/h2-5,11,14H,6-10,22H2,1H3,(H,23,26)(H,24,25,27);1H/t11?,14-;/m0./s1. The lowest BCUT2D eigenvalue weighted by atomic mass is 9.99. The summed E-state index contributed by atoms with van der Waals surface area (Å²) in [5.41, 5.74) is 7.49. The van der Waals surface area contributed by atoms with Gasteiger partial charge in [-0.2, -0.15) is 0 Å². The number of hydrogen-bond donors (Lipinski definition) is 3. The number of thiazole rings is 1. The number of rotatable bonds is 7. The van der Waals surface area contributed by atoms with Gasteiger partial charge in [0.15, 0.2) is 10.9 Å². The Morgan fingerprint density at radius 1 is 1.23 bits per heavy atom. The minimum absolute atomic E-state index is 0. The molecule has 2 atom stereocenters. The Morgan fingerprint density at radius 3 is 2.60 bits per heavy atom. The lowest BCUT2D eigenvalue weighted by molar-refractivity contribution is -0.124. The summed E-state index contributed by atoms with van der Waals surface area (Å²) < 4.78 is 0.876. The first-order valence-electron chi connectivity index (χ1n) is 9.45. The van der Waals surface area contributed by atoms with Gasteiger partial charge >= 0.3 is 0 Å². The van der Waals surface area contributed by atoms with Crippen LogP contribution >= 0.6 is 39.7 Å². The number of Topliss-reactive ketones (excluding diaryl/α,β-unsaturated/α-hetero) is 1. The van der Waals surface area contributed by atoms with Crippen LogP contribution in [-0.2, 0) is 22.4 Å². The average molecular weight is 516 g/mol. The van der Waals surface area contributed by atoms with E-state index in [9.17, 15) is 14.4 Å². The summed E-state index contributed by atoms with van der Waals surface area (Å²) in [7, 11) is 0. The molecule has 1 heterocycles. The number of benzene rings is 1. The molecule has 3 rings (SSSR count). The summed E-state index contributed by atoms with van der Waals surface area (Å²) in [6.45, 7) is 1.63. The molecule has 1 unspecified atom stereocenters. The number of amides is 2. The van der Waals surface area contributed by atoms with Crippen molar-refractivity contribution in [2.45, 2.75) is 51.1 Å². The van der Waals surface area contributed by atoms with E-state index >= 15 is 0 Å². The Labute approximate surface area is 193 Å². The molecule has 0 aliphatic heterocycles. The fraction of sp³-hybridized carbons (Fsp3) is 0.400. The summed E-state index contributed by atoms with van der Waals surface area (Å²) in [5, 5.41) is 5.95. The number of aryl methyl sites for hydroxylation is 1. The van der Waals surface area contributed by atoms with Crippen LogP contribution in [0.2, 0.25) is 0 Å². The third-order valence-corrected chi connectivity index (χ3v) is 6.27. The van der Waals surface area contributed by atoms with Crippen LogP contribution in [-0.4, -0.2) is 34.7 Å². The van der Waals surface area contributed by atoms with Crippen molar-refractivity contribution < 1.29 is 14.4 Å². The third-order valence-electron chi connectivity index (χ3n) is 4.70. The van der Waals surface area contributed by atoms with Crippen LogP contribution in [0.1, 0.15) is 47.1 Å². The van der Waals surface area contributed by atoms with Crippen molar-refractivity contribution in [3.05, 3.63) is 44.9 Å². The molecule has 0 bridgehead atoms. The highest BCUT2D eigenvalue weighted by Gasteiger charge is 2.21. The molecular formula is C20H24BrClN4O3S. The fourth-order valence-corrected chi connectivity index (χ4v) is 4.49. The predicted molar refractivity (Wildman–Crippen MR) is 123 cm³/mol. The Bertz CT molecular complexity index is 919. The maximum atomic E-state index is 12.4. The minimum atomic E-state index is -0.665. The first kappa shape index (κ1) is 24.5. The molecule has 1 aliphatic rings. The summed E-state index contributed by atoms with van der Waals surface area (Å²) in [6, 6.07) is 6.43. The monoisotopic (exact) mass is 514 g/mol. The second kappa shape index (κ2) is 11.0. The smallest absolute Gasteiger partial charge is 0.226 e. The molecule has 0 spiro atoms. The van der Waals surface area contributed by atoms with E-state index < -0.39 is 6.04 Å². The summed E-state index contributed by atoms with van der Waals surface area (Å²) in [5.74, 6) is -0.799. The molecule has 0 radical (unpaired) electrons.